The van der Waals surface area contributed by atoms with Crippen LogP contribution in [0.3, 0.4) is 0 Å². The van der Waals surface area contributed by atoms with E-state index in [4.69, 9.17) is 29.0 Å². The average molecular weight is 274 g/mol. The molecule has 0 aromatic carbocycles. The van der Waals surface area contributed by atoms with Crippen molar-refractivity contribution in [3.8, 4) is 0 Å². The van der Waals surface area contributed by atoms with Crippen LogP contribution in [0.25, 0.3) is 0 Å². The van der Waals surface area contributed by atoms with E-state index in [2.05, 4.69) is 4.98 Å². The number of nitrogens with two attached hydrogens (primary N) is 2. The van der Waals surface area contributed by atoms with Gasteiger partial charge >= 0.3 is 5.69 Å². The molecule has 1 rings (SSSR count). The van der Waals surface area contributed by atoms with Gasteiger partial charge in [0.15, 0.2) is 0 Å². The minimum absolute atomic E-state index is 0. The third-order valence-corrected chi connectivity index (χ3v) is 1.01. The van der Waals surface area contributed by atoms with Gasteiger partial charge in [-0.25, -0.2) is 4.79 Å². The van der Waals surface area contributed by atoms with Crippen molar-refractivity contribution in [1.29, 1.82) is 0 Å². The van der Waals surface area contributed by atoms with Gasteiger partial charge in [-0.3, -0.25) is 23.2 Å². The van der Waals surface area contributed by atoms with Crippen LogP contribution in [0.5, 0.6) is 0 Å². The van der Waals surface area contributed by atoms with Gasteiger partial charge in [0, 0.05) is 10.4 Å². The summed E-state index contributed by atoms with van der Waals surface area (Å²) in [5.41, 5.74) is 8.74. The Morgan fingerprint density at radius 3 is 1.65 bits per heavy atom. The number of rotatable bonds is 0. The zero-order chi connectivity index (χ0) is 12.2. The smallest absolute Gasteiger partial charge is 0.327 e. The van der Waals surface area contributed by atoms with Crippen molar-refractivity contribution >= 4 is 21.9 Å². The first-order valence-corrected chi connectivity index (χ1v) is 4.49. The van der Waals surface area contributed by atoms with Crippen molar-refractivity contribution in [2.75, 3.05) is 11.5 Å². The number of nitrogens with one attached hydrogen (secondary N) is 2. The fourth-order valence-corrected chi connectivity index (χ4v) is 0.514. The third kappa shape index (κ3) is 10.4. The van der Waals surface area contributed by atoms with Gasteiger partial charge in [-0.15, -0.1) is 0 Å². The van der Waals surface area contributed by atoms with Crippen molar-refractivity contribution in [3.05, 3.63) is 20.8 Å². The predicted molar refractivity (Wildman–Crippen MR) is 54.2 cm³/mol. The highest BCUT2D eigenvalue weighted by molar-refractivity contribution is 7.79. The Balaban J connectivity index is -0.000000247. The second-order valence-corrected chi connectivity index (χ2v) is 2.96. The highest BCUT2D eigenvalue weighted by Crippen LogP contribution is 1.96. The molecule has 0 saturated carbocycles. The first kappa shape index (κ1) is 20.5. The van der Waals surface area contributed by atoms with E-state index >= 15 is 0 Å². The molecular weight excluding hydrogens is 264 g/mol. The van der Waals surface area contributed by atoms with Crippen LogP contribution in [0.15, 0.2) is 9.59 Å². The van der Waals surface area contributed by atoms with Crippen LogP contribution in [-0.4, -0.2) is 38.4 Å². The van der Waals surface area contributed by atoms with Crippen LogP contribution in [0.1, 0.15) is 0 Å². The summed E-state index contributed by atoms with van der Waals surface area (Å²) in [5, 5.41) is 0. The lowest BCUT2D eigenvalue weighted by molar-refractivity contribution is 0.352. The number of aromatic amines is 2. The lowest BCUT2D eigenvalue weighted by Crippen LogP contribution is -2.26. The molecule has 12 nitrogen and oxygen atoms in total. The van der Waals surface area contributed by atoms with Crippen molar-refractivity contribution in [3.63, 3.8) is 0 Å². The zero-order valence-corrected chi connectivity index (χ0v) is 8.83. The topological polar surface area (TPSA) is 261 Å². The molecule has 102 valence electrons. The summed E-state index contributed by atoms with van der Waals surface area (Å²) in [6.45, 7) is 0. The molecule has 13 heteroatoms. The van der Waals surface area contributed by atoms with Gasteiger partial charge in [-0.2, -0.15) is 0 Å². The number of anilines is 2. The Kier molecular flexibility index (Phi) is 8.87. The molecule has 0 aliphatic heterocycles. The van der Waals surface area contributed by atoms with Gasteiger partial charge in [0.1, 0.15) is 11.5 Å². The number of hydrogen-bond acceptors (Lipinski definition) is 8. The van der Waals surface area contributed by atoms with Gasteiger partial charge in [0.25, 0.3) is 5.56 Å². The highest BCUT2D eigenvalue weighted by Gasteiger charge is 1.98. The van der Waals surface area contributed by atoms with Crippen LogP contribution in [0.2, 0.25) is 0 Å². The molecule has 0 fully saturated rings. The Morgan fingerprint density at radius 2 is 1.35 bits per heavy atom. The van der Waals surface area contributed by atoms with Crippen LogP contribution in [-0.2, 0) is 10.4 Å². The molecule has 0 radical (unpaired) electrons. The maximum Gasteiger partial charge on any atom is 0.327 e. The minimum atomic E-state index is -5.17. The maximum atomic E-state index is 10.6. The Hall–Kier alpha value is -1.93. The Morgan fingerprint density at radius 1 is 1.00 bits per heavy atom. The van der Waals surface area contributed by atoms with Gasteiger partial charge in [-0.05, 0) is 0 Å². The van der Waals surface area contributed by atoms with Crippen LogP contribution in [0, 0.1) is 0 Å². The highest BCUT2D eigenvalue weighted by atomic mass is 32.3. The Labute approximate surface area is 93.5 Å². The first-order chi connectivity index (χ1) is 6.61. The van der Waals surface area contributed by atoms with E-state index in [1.165, 1.54) is 0 Å². The van der Waals surface area contributed by atoms with Crippen LogP contribution < -0.4 is 22.7 Å². The molecule has 10 N–H and O–H groups in total. The standard InChI is InChI=1S/C4H6N4O2.H2O4S.2H2O/c5-1-2(6)7-4(10)8-3(1)9;1-5(2,3)4;;/h5H2,(H4,6,7,8,9,10);(H2,1,2,3,4);2*1H2/p-2. The summed E-state index contributed by atoms with van der Waals surface area (Å²) in [6.07, 6.45) is 0. The van der Waals surface area contributed by atoms with E-state index in [1.807, 2.05) is 4.98 Å². The second kappa shape index (κ2) is 7.36. The number of H-pyrrole nitrogens is 2. The van der Waals surface area contributed by atoms with Crippen LogP contribution in [0.4, 0.5) is 11.5 Å². The summed E-state index contributed by atoms with van der Waals surface area (Å²) >= 11 is 0. The fraction of sp³-hybridized carbons (Fsp3) is 0. The van der Waals surface area contributed by atoms with E-state index in [9.17, 15) is 9.59 Å². The molecule has 1 aromatic heterocycles. The predicted octanol–water partition coefficient (Wildman–Crippen LogP) is -4.76. The molecule has 1 aromatic rings. The molecule has 0 atom stereocenters. The van der Waals surface area contributed by atoms with E-state index in [0.717, 1.165) is 0 Å². The minimum Gasteiger partial charge on any atom is -0.759 e. The number of aromatic nitrogens is 2. The maximum absolute atomic E-state index is 10.6. The van der Waals surface area contributed by atoms with Crippen LogP contribution >= 0.6 is 0 Å². The lowest BCUT2D eigenvalue weighted by Gasteiger charge is -2.06. The fourth-order valence-electron chi connectivity index (χ4n) is 0.514. The SMILES string of the molecule is Nc1[nH]c(=O)[nH]c(=O)c1N.O.O.O=S(=O)([O-])[O-]. The summed E-state index contributed by atoms with van der Waals surface area (Å²) in [6, 6.07) is 0. The molecule has 0 bridgehead atoms. The molecule has 0 aliphatic rings. The molecule has 0 spiro atoms. The largest absolute Gasteiger partial charge is 0.759 e. The summed E-state index contributed by atoms with van der Waals surface area (Å²) in [7, 11) is -5.17. The molecule has 17 heavy (non-hydrogen) atoms. The Bertz CT molecular complexity index is 535. The molecular formula is C4H10N4O8S-2. The first-order valence-electron chi connectivity index (χ1n) is 3.15. The quantitative estimate of drug-likeness (QED) is 0.262. The van der Waals surface area contributed by atoms with Crippen molar-refractivity contribution in [2.45, 2.75) is 0 Å². The van der Waals surface area contributed by atoms with Gasteiger partial charge in [0.2, 0.25) is 0 Å². The number of hydrogen-bond donors (Lipinski definition) is 4. The van der Waals surface area contributed by atoms with E-state index in [1.54, 1.807) is 0 Å². The number of nitrogen functional groups attached to an aromatic ring is 2. The third-order valence-electron chi connectivity index (χ3n) is 1.01. The summed E-state index contributed by atoms with van der Waals surface area (Å²) in [4.78, 5) is 25.0. The summed E-state index contributed by atoms with van der Waals surface area (Å²) < 4.78 is 34.1. The molecule has 0 saturated heterocycles. The van der Waals surface area contributed by atoms with Crippen molar-refractivity contribution < 1.29 is 28.5 Å². The summed E-state index contributed by atoms with van der Waals surface area (Å²) in [5.74, 6) is -0.103. The van der Waals surface area contributed by atoms with Gasteiger partial charge < -0.3 is 31.5 Å². The normalized spacial score (nSPS) is 9.06. The monoisotopic (exact) mass is 274 g/mol. The van der Waals surface area contributed by atoms with E-state index < -0.39 is 21.6 Å². The van der Waals surface area contributed by atoms with Gasteiger partial charge in [-0.1, -0.05) is 0 Å². The second-order valence-electron chi connectivity index (χ2n) is 2.14. The van der Waals surface area contributed by atoms with Crippen molar-refractivity contribution in [2.24, 2.45) is 0 Å². The molecule has 1 heterocycles. The average Bonchev–Trinajstić information content (AvgIpc) is 1.96. The zero-order valence-electron chi connectivity index (χ0n) is 8.01. The molecule has 0 aliphatic carbocycles. The molecule has 0 unspecified atom stereocenters. The lowest BCUT2D eigenvalue weighted by atomic mass is 10.5. The van der Waals surface area contributed by atoms with E-state index in [0.29, 0.717) is 0 Å². The van der Waals surface area contributed by atoms with E-state index in [-0.39, 0.29) is 22.5 Å². The van der Waals surface area contributed by atoms with Crippen molar-refractivity contribution in [1.82, 2.24) is 9.97 Å². The van der Waals surface area contributed by atoms with Gasteiger partial charge in [0.05, 0.1) is 0 Å². The molecule has 0 amide bonds.